The molecule has 28 heavy (non-hydrogen) atoms. The quantitative estimate of drug-likeness (QED) is 0.494. The van der Waals surface area contributed by atoms with Crippen LogP contribution in [-0.2, 0) is 0 Å². The van der Waals surface area contributed by atoms with Gasteiger partial charge in [0.25, 0.3) is 0 Å². The molecule has 1 aliphatic rings. The Morgan fingerprint density at radius 3 is 2.39 bits per heavy atom. The lowest BCUT2D eigenvalue weighted by Gasteiger charge is -2.26. The molecule has 3 aromatic rings. The third kappa shape index (κ3) is 5.59. The molecule has 0 atom stereocenters. The van der Waals surface area contributed by atoms with Crippen molar-refractivity contribution in [2.45, 2.75) is 46.0 Å². The fourth-order valence-electron chi connectivity index (χ4n) is 3.60. The summed E-state index contributed by atoms with van der Waals surface area (Å²) in [7, 11) is 0. The van der Waals surface area contributed by atoms with Crippen molar-refractivity contribution in [2.75, 3.05) is 26.2 Å². The minimum absolute atomic E-state index is 0.791. The first-order chi connectivity index (χ1) is 13.9. The third-order valence-electron chi connectivity index (χ3n) is 5.10. The summed E-state index contributed by atoms with van der Waals surface area (Å²) in [5.74, 6) is 0.934. The lowest BCUT2D eigenvalue weighted by atomic mass is 10.1. The second-order valence-corrected chi connectivity index (χ2v) is 7.08. The van der Waals surface area contributed by atoms with Crippen LogP contribution in [0.3, 0.4) is 0 Å². The van der Waals surface area contributed by atoms with Crippen LogP contribution in [0.25, 0.3) is 16.6 Å². The van der Waals surface area contributed by atoms with Crippen molar-refractivity contribution in [3.63, 3.8) is 0 Å². The van der Waals surface area contributed by atoms with E-state index in [0.29, 0.717) is 0 Å². The summed E-state index contributed by atoms with van der Waals surface area (Å²) in [6, 6.07) is 16.4. The van der Waals surface area contributed by atoms with Crippen molar-refractivity contribution >= 4 is 10.9 Å². The van der Waals surface area contributed by atoms with Gasteiger partial charge in [-0.2, -0.15) is 5.10 Å². The van der Waals surface area contributed by atoms with Gasteiger partial charge in [0.15, 0.2) is 0 Å². The standard InChI is InChI=1S/C22H27N3O.C2H6/c1-4-14-24(15-5-1)16-6-7-17-26-21-12-10-20(11-13-21)25-18-19-8-2-3-9-22(19)23-25;1-2/h2-3,8-13,18H,1,4-7,14-17H2;1-2H3. The van der Waals surface area contributed by atoms with Gasteiger partial charge in [-0.1, -0.05) is 38.5 Å². The van der Waals surface area contributed by atoms with E-state index in [4.69, 9.17) is 4.74 Å². The topological polar surface area (TPSA) is 30.3 Å². The molecule has 150 valence electrons. The lowest BCUT2D eigenvalue weighted by Crippen LogP contribution is -2.30. The molecule has 1 aliphatic heterocycles. The highest BCUT2D eigenvalue weighted by molar-refractivity contribution is 5.78. The first kappa shape index (κ1) is 20.4. The molecular weight excluding hydrogens is 346 g/mol. The summed E-state index contributed by atoms with van der Waals surface area (Å²) >= 11 is 0. The molecule has 0 radical (unpaired) electrons. The van der Waals surface area contributed by atoms with E-state index in [-0.39, 0.29) is 0 Å². The summed E-state index contributed by atoms with van der Waals surface area (Å²) in [5, 5.41) is 5.77. The van der Waals surface area contributed by atoms with Crippen molar-refractivity contribution in [3.8, 4) is 11.4 Å². The SMILES string of the molecule is CC.c1ccc2nn(-c3ccc(OCCCCN4CCCCC4)cc3)cc2c1. The molecule has 1 aromatic heterocycles. The predicted octanol–water partition coefficient (Wildman–Crippen LogP) is 5.70. The van der Waals surface area contributed by atoms with Crippen LogP contribution in [0.1, 0.15) is 46.0 Å². The van der Waals surface area contributed by atoms with Crippen molar-refractivity contribution in [3.05, 3.63) is 54.7 Å². The summed E-state index contributed by atoms with van der Waals surface area (Å²) in [6.45, 7) is 8.57. The first-order valence-corrected chi connectivity index (χ1v) is 10.8. The van der Waals surface area contributed by atoms with Crippen LogP contribution < -0.4 is 4.74 Å². The van der Waals surface area contributed by atoms with E-state index in [1.807, 2.05) is 48.9 Å². The molecule has 2 aromatic carbocycles. The van der Waals surface area contributed by atoms with Crippen molar-refractivity contribution in [1.82, 2.24) is 14.7 Å². The van der Waals surface area contributed by atoms with E-state index in [1.54, 1.807) is 0 Å². The van der Waals surface area contributed by atoms with E-state index in [2.05, 4.69) is 34.4 Å². The zero-order valence-corrected chi connectivity index (χ0v) is 17.3. The number of unbranched alkanes of at least 4 members (excludes halogenated alkanes) is 1. The highest BCUT2D eigenvalue weighted by Crippen LogP contribution is 2.18. The van der Waals surface area contributed by atoms with Gasteiger partial charge in [-0.25, -0.2) is 4.68 Å². The fourth-order valence-corrected chi connectivity index (χ4v) is 3.60. The van der Waals surface area contributed by atoms with E-state index in [9.17, 15) is 0 Å². The minimum Gasteiger partial charge on any atom is -0.494 e. The summed E-state index contributed by atoms with van der Waals surface area (Å²) in [5.41, 5.74) is 2.07. The Labute approximate surface area is 169 Å². The second-order valence-electron chi connectivity index (χ2n) is 7.08. The number of aromatic nitrogens is 2. The van der Waals surface area contributed by atoms with E-state index < -0.39 is 0 Å². The number of benzene rings is 2. The molecule has 2 heterocycles. The van der Waals surface area contributed by atoms with Gasteiger partial charge in [0.2, 0.25) is 0 Å². The number of likely N-dealkylation sites (tertiary alicyclic amines) is 1. The molecule has 0 N–H and O–H groups in total. The number of nitrogens with zero attached hydrogens (tertiary/aromatic N) is 3. The van der Waals surface area contributed by atoms with E-state index in [1.165, 1.54) is 45.3 Å². The Hall–Kier alpha value is -2.33. The molecule has 1 saturated heterocycles. The van der Waals surface area contributed by atoms with Gasteiger partial charge in [0.05, 0.1) is 17.8 Å². The molecule has 0 spiro atoms. The Balaban J connectivity index is 0.00000109. The number of fused-ring (bicyclic) bond motifs is 1. The Morgan fingerprint density at radius 1 is 0.893 bits per heavy atom. The third-order valence-corrected chi connectivity index (χ3v) is 5.10. The Kier molecular flexibility index (Phi) is 7.92. The molecule has 0 saturated carbocycles. The molecule has 4 heteroatoms. The van der Waals surface area contributed by atoms with Gasteiger partial charge >= 0.3 is 0 Å². The van der Waals surface area contributed by atoms with Crippen LogP contribution in [0.15, 0.2) is 54.7 Å². The van der Waals surface area contributed by atoms with Gasteiger partial charge in [0, 0.05) is 11.6 Å². The number of hydrogen-bond donors (Lipinski definition) is 0. The minimum atomic E-state index is 0.791. The van der Waals surface area contributed by atoms with Gasteiger partial charge in [-0.05, 0) is 75.6 Å². The number of piperidine rings is 1. The van der Waals surface area contributed by atoms with Crippen LogP contribution in [0.4, 0.5) is 0 Å². The zero-order valence-electron chi connectivity index (χ0n) is 17.3. The molecule has 1 fully saturated rings. The van der Waals surface area contributed by atoms with Gasteiger partial charge in [-0.15, -0.1) is 0 Å². The van der Waals surface area contributed by atoms with Crippen LogP contribution in [0.2, 0.25) is 0 Å². The number of rotatable bonds is 7. The van der Waals surface area contributed by atoms with Crippen molar-refractivity contribution < 1.29 is 4.74 Å². The lowest BCUT2D eigenvalue weighted by molar-refractivity contribution is 0.216. The molecule has 0 bridgehead atoms. The Bertz CT molecular complexity index is 786. The van der Waals surface area contributed by atoms with Crippen molar-refractivity contribution in [1.29, 1.82) is 0 Å². The zero-order chi connectivity index (χ0) is 19.6. The summed E-state index contributed by atoms with van der Waals surface area (Å²) in [6.07, 6.45) is 8.54. The molecule has 0 amide bonds. The van der Waals surface area contributed by atoms with Crippen LogP contribution in [-0.4, -0.2) is 40.9 Å². The summed E-state index contributed by atoms with van der Waals surface area (Å²) in [4.78, 5) is 2.59. The van der Waals surface area contributed by atoms with Gasteiger partial charge in [0.1, 0.15) is 5.75 Å². The molecule has 4 nitrogen and oxygen atoms in total. The van der Waals surface area contributed by atoms with Gasteiger partial charge < -0.3 is 9.64 Å². The molecular formula is C24H33N3O. The maximum atomic E-state index is 5.90. The largest absolute Gasteiger partial charge is 0.494 e. The number of hydrogen-bond acceptors (Lipinski definition) is 3. The average molecular weight is 380 g/mol. The average Bonchev–Trinajstić information content (AvgIpc) is 3.20. The normalized spacial score (nSPS) is 14.5. The van der Waals surface area contributed by atoms with Crippen LogP contribution in [0.5, 0.6) is 5.75 Å². The number of ether oxygens (including phenoxy) is 1. The van der Waals surface area contributed by atoms with Crippen LogP contribution >= 0.6 is 0 Å². The van der Waals surface area contributed by atoms with Gasteiger partial charge in [-0.3, -0.25) is 0 Å². The van der Waals surface area contributed by atoms with E-state index in [0.717, 1.165) is 35.4 Å². The molecule has 0 unspecified atom stereocenters. The maximum Gasteiger partial charge on any atom is 0.119 e. The van der Waals surface area contributed by atoms with E-state index >= 15 is 0 Å². The monoisotopic (exact) mass is 379 g/mol. The smallest absolute Gasteiger partial charge is 0.119 e. The maximum absolute atomic E-state index is 5.90. The first-order valence-electron chi connectivity index (χ1n) is 10.8. The Morgan fingerprint density at radius 2 is 1.64 bits per heavy atom. The molecule has 4 rings (SSSR count). The van der Waals surface area contributed by atoms with Crippen molar-refractivity contribution in [2.24, 2.45) is 0 Å². The highest BCUT2D eigenvalue weighted by atomic mass is 16.5. The van der Waals surface area contributed by atoms with Crippen LogP contribution in [0, 0.1) is 0 Å². The molecule has 0 aliphatic carbocycles. The predicted molar refractivity (Wildman–Crippen MR) is 117 cm³/mol. The second kappa shape index (κ2) is 10.9. The fraction of sp³-hybridized carbons (Fsp3) is 0.458. The summed E-state index contributed by atoms with van der Waals surface area (Å²) < 4.78 is 7.82. The highest BCUT2D eigenvalue weighted by Gasteiger charge is 2.09.